The zero-order valence-electron chi connectivity index (χ0n) is 10.1. The molecule has 0 aromatic heterocycles. The van der Waals surface area contributed by atoms with Crippen molar-refractivity contribution in [2.24, 2.45) is 10.8 Å². The average Bonchev–Trinajstić information content (AvgIpc) is 2.34. The number of rotatable bonds is 6. The predicted molar refractivity (Wildman–Crippen MR) is 69.8 cm³/mol. The van der Waals surface area contributed by atoms with Crippen molar-refractivity contribution in [2.45, 2.75) is 32.6 Å². The average molecular weight is 233 g/mol. The Bertz CT molecular complexity index is 374. The van der Waals surface area contributed by atoms with Crippen molar-refractivity contribution < 1.29 is 4.79 Å². The number of nitrogens with zero attached hydrogens (tertiary/aromatic N) is 1. The van der Waals surface area contributed by atoms with E-state index in [4.69, 9.17) is 5.73 Å². The van der Waals surface area contributed by atoms with E-state index in [2.05, 4.69) is 17.5 Å². The van der Waals surface area contributed by atoms with E-state index in [1.54, 1.807) is 0 Å². The van der Waals surface area contributed by atoms with Gasteiger partial charge in [0.05, 0.1) is 0 Å². The molecule has 0 aliphatic rings. The third-order valence-corrected chi connectivity index (χ3v) is 2.39. The smallest absolute Gasteiger partial charge is 0.332 e. The van der Waals surface area contributed by atoms with E-state index in [1.165, 1.54) is 5.56 Å². The number of nitrogens with two attached hydrogens (primary N) is 1. The molecule has 0 heterocycles. The van der Waals surface area contributed by atoms with Gasteiger partial charge in [-0.2, -0.15) is 5.10 Å². The van der Waals surface area contributed by atoms with Crippen LogP contribution in [0.5, 0.6) is 0 Å². The Morgan fingerprint density at radius 1 is 1.35 bits per heavy atom. The summed E-state index contributed by atoms with van der Waals surface area (Å²) in [5.74, 6) is 0. The van der Waals surface area contributed by atoms with Crippen LogP contribution in [0.4, 0.5) is 4.79 Å². The van der Waals surface area contributed by atoms with Crippen LogP contribution in [-0.4, -0.2) is 11.7 Å². The molecule has 0 bridgehead atoms. The Balaban J connectivity index is 2.63. The molecule has 4 nitrogen and oxygen atoms in total. The maximum Gasteiger partial charge on any atom is 0.332 e. The number of unbranched alkanes of at least 4 members (excludes halogenated alkanes) is 1. The fraction of sp³-hybridized carbons (Fsp3) is 0.385. The molecule has 3 N–H and O–H groups in total. The number of carbonyl (C=O) groups is 1. The quantitative estimate of drug-likeness (QED) is 0.575. The molecule has 0 radical (unpaired) electrons. The topological polar surface area (TPSA) is 67.5 Å². The summed E-state index contributed by atoms with van der Waals surface area (Å²) < 4.78 is 0. The first-order valence-electron chi connectivity index (χ1n) is 5.87. The number of carbonyl (C=O) groups excluding carboxylic acids is 1. The molecule has 0 aliphatic carbocycles. The third-order valence-electron chi connectivity index (χ3n) is 2.39. The fourth-order valence-corrected chi connectivity index (χ4v) is 1.53. The standard InChI is InChI=1S/C13H19N3O/c1-2-3-9-12(15-16-13(14)17)10-11-7-5-4-6-8-11/h4-8H,2-3,9-10H2,1H3,(H3,14,16,17)/b15-12-. The lowest BCUT2D eigenvalue weighted by Gasteiger charge is -2.06. The monoisotopic (exact) mass is 233 g/mol. The van der Waals surface area contributed by atoms with E-state index in [1.807, 2.05) is 30.3 Å². The van der Waals surface area contributed by atoms with E-state index in [0.717, 1.165) is 31.4 Å². The van der Waals surface area contributed by atoms with Gasteiger partial charge in [0.15, 0.2) is 0 Å². The van der Waals surface area contributed by atoms with E-state index in [0.29, 0.717) is 0 Å². The fourth-order valence-electron chi connectivity index (χ4n) is 1.53. The van der Waals surface area contributed by atoms with Gasteiger partial charge in [0.25, 0.3) is 0 Å². The van der Waals surface area contributed by atoms with Crippen LogP contribution in [0, 0.1) is 0 Å². The number of hydrazone groups is 1. The van der Waals surface area contributed by atoms with Gasteiger partial charge in [0.2, 0.25) is 0 Å². The van der Waals surface area contributed by atoms with Crippen LogP contribution < -0.4 is 11.2 Å². The van der Waals surface area contributed by atoms with Gasteiger partial charge in [-0.3, -0.25) is 0 Å². The van der Waals surface area contributed by atoms with Gasteiger partial charge in [-0.25, -0.2) is 10.2 Å². The minimum Gasteiger partial charge on any atom is -0.350 e. The molecular weight excluding hydrogens is 214 g/mol. The van der Waals surface area contributed by atoms with Crippen molar-refractivity contribution in [3.05, 3.63) is 35.9 Å². The molecule has 0 spiro atoms. The van der Waals surface area contributed by atoms with Crippen molar-refractivity contribution in [3.63, 3.8) is 0 Å². The summed E-state index contributed by atoms with van der Waals surface area (Å²) in [4.78, 5) is 10.6. The van der Waals surface area contributed by atoms with E-state index >= 15 is 0 Å². The molecule has 0 aliphatic heterocycles. The lowest BCUT2D eigenvalue weighted by atomic mass is 10.0. The number of urea groups is 1. The van der Waals surface area contributed by atoms with Crippen LogP contribution in [0.3, 0.4) is 0 Å². The second-order valence-electron chi connectivity index (χ2n) is 3.92. The van der Waals surface area contributed by atoms with Crippen LogP contribution in [0.25, 0.3) is 0 Å². The molecular formula is C13H19N3O. The highest BCUT2D eigenvalue weighted by Crippen LogP contribution is 2.05. The van der Waals surface area contributed by atoms with Gasteiger partial charge < -0.3 is 5.73 Å². The highest BCUT2D eigenvalue weighted by Gasteiger charge is 2.02. The van der Waals surface area contributed by atoms with Gasteiger partial charge in [0.1, 0.15) is 0 Å². The molecule has 4 heteroatoms. The molecule has 0 atom stereocenters. The van der Waals surface area contributed by atoms with Crippen molar-refractivity contribution in [1.29, 1.82) is 0 Å². The summed E-state index contributed by atoms with van der Waals surface area (Å²) >= 11 is 0. The first-order chi connectivity index (χ1) is 8.22. The molecule has 0 saturated carbocycles. The molecule has 92 valence electrons. The van der Waals surface area contributed by atoms with Crippen LogP contribution >= 0.6 is 0 Å². The zero-order valence-corrected chi connectivity index (χ0v) is 10.1. The largest absolute Gasteiger partial charge is 0.350 e. The molecule has 0 fully saturated rings. The van der Waals surface area contributed by atoms with Crippen molar-refractivity contribution in [2.75, 3.05) is 0 Å². The summed E-state index contributed by atoms with van der Waals surface area (Å²) in [6, 6.07) is 9.45. The van der Waals surface area contributed by atoms with Crippen molar-refractivity contribution >= 4 is 11.7 Å². The number of benzene rings is 1. The Morgan fingerprint density at radius 2 is 2.06 bits per heavy atom. The maximum absolute atomic E-state index is 10.6. The number of primary amides is 1. The summed E-state index contributed by atoms with van der Waals surface area (Å²) in [7, 11) is 0. The molecule has 17 heavy (non-hydrogen) atoms. The van der Waals surface area contributed by atoms with Crippen LogP contribution in [-0.2, 0) is 6.42 Å². The molecule has 1 aromatic rings. The number of hydrogen-bond donors (Lipinski definition) is 2. The minimum atomic E-state index is -0.618. The SMILES string of the molecule is CCCC/C(Cc1ccccc1)=N/NC(N)=O. The minimum absolute atomic E-state index is 0.618. The molecule has 0 unspecified atom stereocenters. The Kier molecular flexibility index (Phi) is 5.79. The predicted octanol–water partition coefficient (Wildman–Crippen LogP) is 2.44. The molecule has 2 amide bonds. The first kappa shape index (κ1) is 13.2. The van der Waals surface area contributed by atoms with Gasteiger partial charge in [-0.15, -0.1) is 0 Å². The van der Waals surface area contributed by atoms with Gasteiger partial charge >= 0.3 is 6.03 Å². The van der Waals surface area contributed by atoms with Crippen LogP contribution in [0.15, 0.2) is 35.4 Å². The van der Waals surface area contributed by atoms with Crippen molar-refractivity contribution in [1.82, 2.24) is 5.43 Å². The molecule has 1 rings (SSSR count). The van der Waals surface area contributed by atoms with Crippen LogP contribution in [0.2, 0.25) is 0 Å². The molecule has 1 aromatic carbocycles. The highest BCUT2D eigenvalue weighted by atomic mass is 16.2. The number of nitrogens with one attached hydrogen (secondary N) is 1. The maximum atomic E-state index is 10.6. The lowest BCUT2D eigenvalue weighted by molar-refractivity contribution is 0.249. The van der Waals surface area contributed by atoms with E-state index < -0.39 is 6.03 Å². The summed E-state index contributed by atoms with van der Waals surface area (Å²) in [5, 5.41) is 4.05. The Labute approximate surface area is 102 Å². The second-order valence-corrected chi connectivity index (χ2v) is 3.92. The highest BCUT2D eigenvalue weighted by molar-refractivity contribution is 5.87. The number of hydrogen-bond acceptors (Lipinski definition) is 2. The normalized spacial score (nSPS) is 11.2. The lowest BCUT2D eigenvalue weighted by Crippen LogP contribution is -2.26. The number of amides is 2. The molecule has 0 saturated heterocycles. The third kappa shape index (κ3) is 5.70. The zero-order chi connectivity index (χ0) is 12.5. The van der Waals surface area contributed by atoms with Gasteiger partial charge in [0, 0.05) is 12.1 Å². The van der Waals surface area contributed by atoms with Crippen LogP contribution in [0.1, 0.15) is 31.7 Å². The van der Waals surface area contributed by atoms with Crippen molar-refractivity contribution in [3.8, 4) is 0 Å². The Hall–Kier alpha value is -1.84. The summed E-state index contributed by atoms with van der Waals surface area (Å²) in [5.41, 5.74) is 9.45. The van der Waals surface area contributed by atoms with E-state index in [-0.39, 0.29) is 0 Å². The first-order valence-corrected chi connectivity index (χ1v) is 5.87. The summed E-state index contributed by atoms with van der Waals surface area (Å²) in [6.45, 7) is 2.13. The Morgan fingerprint density at radius 3 is 2.65 bits per heavy atom. The van der Waals surface area contributed by atoms with Gasteiger partial charge in [-0.05, 0) is 18.4 Å². The second kappa shape index (κ2) is 7.44. The van der Waals surface area contributed by atoms with Gasteiger partial charge in [-0.1, -0.05) is 43.7 Å². The summed E-state index contributed by atoms with van der Waals surface area (Å²) in [6.07, 6.45) is 3.79. The van der Waals surface area contributed by atoms with E-state index in [9.17, 15) is 4.79 Å².